The molecule has 1 aromatic rings. The van der Waals surface area contributed by atoms with Crippen LogP contribution in [0, 0.1) is 12.7 Å². The predicted molar refractivity (Wildman–Crippen MR) is 33.3 cm³/mol. The zero-order valence-electron chi connectivity index (χ0n) is 5.76. The van der Waals surface area contributed by atoms with Crippen molar-refractivity contribution in [1.29, 1.82) is 0 Å². The van der Waals surface area contributed by atoms with Crippen LogP contribution in [0.2, 0.25) is 0 Å². The van der Waals surface area contributed by atoms with Gasteiger partial charge in [0.1, 0.15) is 5.82 Å². The minimum absolute atomic E-state index is 0.00694. The number of rotatable bonds is 1. The van der Waals surface area contributed by atoms with Crippen molar-refractivity contribution in [3.8, 4) is 5.88 Å². The van der Waals surface area contributed by atoms with E-state index in [1.165, 1.54) is 7.11 Å². The summed E-state index contributed by atoms with van der Waals surface area (Å²) < 4.78 is 17.1. The second kappa shape index (κ2) is 2.60. The standard InChI is InChI=1S/C6H7FN2O/c1-4-8-3-5(7)6(9-4)10-2/h3H,1-2H3. The van der Waals surface area contributed by atoms with E-state index in [1.54, 1.807) is 6.92 Å². The summed E-state index contributed by atoms with van der Waals surface area (Å²) in [6, 6.07) is 0. The van der Waals surface area contributed by atoms with E-state index in [1.807, 2.05) is 0 Å². The average molecular weight is 142 g/mol. The monoisotopic (exact) mass is 142 g/mol. The van der Waals surface area contributed by atoms with Crippen molar-refractivity contribution in [3.63, 3.8) is 0 Å². The Morgan fingerprint density at radius 2 is 2.30 bits per heavy atom. The molecule has 0 saturated carbocycles. The van der Waals surface area contributed by atoms with E-state index in [0.717, 1.165) is 6.20 Å². The fourth-order valence-electron chi connectivity index (χ4n) is 0.578. The highest BCUT2D eigenvalue weighted by Gasteiger charge is 2.02. The van der Waals surface area contributed by atoms with Gasteiger partial charge >= 0.3 is 0 Å². The molecule has 54 valence electrons. The Morgan fingerprint density at radius 3 is 2.80 bits per heavy atom. The lowest BCUT2D eigenvalue weighted by Crippen LogP contribution is -1.95. The molecular weight excluding hydrogens is 135 g/mol. The topological polar surface area (TPSA) is 35.0 Å². The average Bonchev–Trinajstić information content (AvgIpc) is 1.94. The molecule has 0 aliphatic carbocycles. The summed E-state index contributed by atoms with van der Waals surface area (Å²) in [6.07, 6.45) is 1.08. The van der Waals surface area contributed by atoms with Crippen molar-refractivity contribution in [2.24, 2.45) is 0 Å². The fourth-order valence-corrected chi connectivity index (χ4v) is 0.578. The van der Waals surface area contributed by atoms with Gasteiger partial charge in [0.05, 0.1) is 13.3 Å². The maximum absolute atomic E-state index is 12.5. The van der Waals surface area contributed by atoms with Gasteiger partial charge in [-0.3, -0.25) is 0 Å². The number of halogens is 1. The van der Waals surface area contributed by atoms with Crippen LogP contribution in [0.25, 0.3) is 0 Å². The quantitative estimate of drug-likeness (QED) is 0.585. The molecule has 0 atom stereocenters. The molecular formula is C6H7FN2O. The Balaban J connectivity index is 3.09. The van der Waals surface area contributed by atoms with Gasteiger partial charge in [0.2, 0.25) is 5.82 Å². The second-order valence-electron chi connectivity index (χ2n) is 1.77. The van der Waals surface area contributed by atoms with E-state index >= 15 is 0 Å². The van der Waals surface area contributed by atoms with Crippen molar-refractivity contribution in [2.45, 2.75) is 6.92 Å². The summed E-state index contributed by atoms with van der Waals surface area (Å²) in [7, 11) is 1.37. The van der Waals surface area contributed by atoms with E-state index in [9.17, 15) is 4.39 Å². The van der Waals surface area contributed by atoms with Gasteiger partial charge in [-0.25, -0.2) is 4.98 Å². The molecule has 0 spiro atoms. The first-order valence-corrected chi connectivity index (χ1v) is 2.77. The molecule has 0 radical (unpaired) electrons. The first-order chi connectivity index (χ1) is 4.74. The Labute approximate surface area is 57.9 Å². The van der Waals surface area contributed by atoms with Crippen LogP contribution >= 0.6 is 0 Å². The van der Waals surface area contributed by atoms with E-state index in [2.05, 4.69) is 14.7 Å². The van der Waals surface area contributed by atoms with E-state index < -0.39 is 5.82 Å². The van der Waals surface area contributed by atoms with Crippen LogP contribution in [-0.2, 0) is 0 Å². The second-order valence-corrected chi connectivity index (χ2v) is 1.77. The molecule has 0 aliphatic rings. The molecule has 4 heteroatoms. The van der Waals surface area contributed by atoms with Gasteiger partial charge in [-0.05, 0) is 6.92 Å². The minimum Gasteiger partial charge on any atom is -0.479 e. The molecule has 10 heavy (non-hydrogen) atoms. The van der Waals surface area contributed by atoms with E-state index in [-0.39, 0.29) is 5.88 Å². The minimum atomic E-state index is -0.534. The molecule has 0 bridgehead atoms. The maximum Gasteiger partial charge on any atom is 0.253 e. The number of aromatic nitrogens is 2. The summed E-state index contributed by atoms with van der Waals surface area (Å²) in [5.41, 5.74) is 0. The molecule has 0 fully saturated rings. The van der Waals surface area contributed by atoms with Crippen molar-refractivity contribution in [3.05, 3.63) is 17.8 Å². The third-order valence-electron chi connectivity index (χ3n) is 1.03. The van der Waals surface area contributed by atoms with E-state index in [0.29, 0.717) is 5.82 Å². The first-order valence-electron chi connectivity index (χ1n) is 2.77. The number of ether oxygens (including phenoxy) is 1. The lowest BCUT2D eigenvalue weighted by Gasteiger charge is -1.98. The fraction of sp³-hybridized carbons (Fsp3) is 0.333. The molecule has 0 N–H and O–H groups in total. The largest absolute Gasteiger partial charge is 0.479 e. The Bertz CT molecular complexity index is 239. The van der Waals surface area contributed by atoms with Crippen molar-refractivity contribution >= 4 is 0 Å². The van der Waals surface area contributed by atoms with Crippen LogP contribution in [0.4, 0.5) is 4.39 Å². The Kier molecular flexibility index (Phi) is 1.80. The number of hydrogen-bond donors (Lipinski definition) is 0. The van der Waals surface area contributed by atoms with Crippen LogP contribution in [-0.4, -0.2) is 17.1 Å². The zero-order valence-corrected chi connectivity index (χ0v) is 5.76. The van der Waals surface area contributed by atoms with Gasteiger partial charge in [-0.2, -0.15) is 9.37 Å². The van der Waals surface area contributed by atoms with Crippen LogP contribution in [0.5, 0.6) is 5.88 Å². The first kappa shape index (κ1) is 6.92. The van der Waals surface area contributed by atoms with Gasteiger partial charge < -0.3 is 4.74 Å². The molecule has 1 heterocycles. The van der Waals surface area contributed by atoms with Gasteiger partial charge in [0.25, 0.3) is 5.88 Å². The number of hydrogen-bond acceptors (Lipinski definition) is 3. The molecule has 0 aromatic carbocycles. The van der Waals surface area contributed by atoms with Gasteiger partial charge in [-0.1, -0.05) is 0 Å². The van der Waals surface area contributed by atoms with Crippen molar-refractivity contribution < 1.29 is 9.13 Å². The summed E-state index contributed by atoms with van der Waals surface area (Å²) >= 11 is 0. The Morgan fingerprint density at radius 1 is 1.60 bits per heavy atom. The van der Waals surface area contributed by atoms with Gasteiger partial charge in [0.15, 0.2) is 0 Å². The highest BCUT2D eigenvalue weighted by atomic mass is 19.1. The van der Waals surface area contributed by atoms with Crippen molar-refractivity contribution in [2.75, 3.05) is 7.11 Å². The molecule has 3 nitrogen and oxygen atoms in total. The molecule has 0 saturated heterocycles. The third-order valence-corrected chi connectivity index (χ3v) is 1.03. The Hall–Kier alpha value is -1.19. The molecule has 0 aliphatic heterocycles. The predicted octanol–water partition coefficient (Wildman–Crippen LogP) is 0.933. The molecule has 0 unspecified atom stereocenters. The smallest absolute Gasteiger partial charge is 0.253 e. The summed E-state index contributed by atoms with van der Waals surface area (Å²) in [6.45, 7) is 1.67. The van der Waals surface area contributed by atoms with Crippen LogP contribution in [0.1, 0.15) is 5.82 Å². The number of nitrogens with zero attached hydrogens (tertiary/aromatic N) is 2. The van der Waals surface area contributed by atoms with E-state index in [4.69, 9.17) is 0 Å². The van der Waals surface area contributed by atoms with Crippen LogP contribution in [0.15, 0.2) is 6.20 Å². The molecule has 0 amide bonds. The summed E-state index contributed by atoms with van der Waals surface area (Å²) in [5, 5.41) is 0. The summed E-state index contributed by atoms with van der Waals surface area (Å²) in [4.78, 5) is 7.30. The number of methoxy groups -OCH3 is 1. The third kappa shape index (κ3) is 1.21. The molecule has 1 rings (SSSR count). The maximum atomic E-state index is 12.5. The van der Waals surface area contributed by atoms with Gasteiger partial charge in [-0.15, -0.1) is 0 Å². The van der Waals surface area contributed by atoms with Crippen LogP contribution < -0.4 is 4.74 Å². The summed E-state index contributed by atoms with van der Waals surface area (Å²) in [5.74, 6) is -0.0427. The zero-order chi connectivity index (χ0) is 7.56. The van der Waals surface area contributed by atoms with Gasteiger partial charge in [0, 0.05) is 0 Å². The molecule has 1 aromatic heterocycles. The highest BCUT2D eigenvalue weighted by Crippen LogP contribution is 2.09. The normalized spacial score (nSPS) is 9.50. The van der Waals surface area contributed by atoms with Crippen molar-refractivity contribution in [1.82, 2.24) is 9.97 Å². The lowest BCUT2D eigenvalue weighted by molar-refractivity contribution is 0.365. The lowest BCUT2D eigenvalue weighted by atomic mass is 10.5. The SMILES string of the molecule is COc1nc(C)ncc1F. The van der Waals surface area contributed by atoms with Crippen LogP contribution in [0.3, 0.4) is 0 Å². The number of aryl methyl sites for hydroxylation is 1. The highest BCUT2D eigenvalue weighted by molar-refractivity contribution is 5.10.